The molecule has 0 spiro atoms. The first-order valence-corrected chi connectivity index (χ1v) is 10.6. The van der Waals surface area contributed by atoms with Gasteiger partial charge in [0.1, 0.15) is 5.82 Å². The topological polar surface area (TPSA) is 93.4 Å². The van der Waals surface area contributed by atoms with Gasteiger partial charge in [0.25, 0.3) is 0 Å². The molecule has 0 radical (unpaired) electrons. The van der Waals surface area contributed by atoms with E-state index in [-0.39, 0.29) is 30.7 Å². The van der Waals surface area contributed by atoms with Crippen molar-refractivity contribution in [2.45, 2.75) is 25.9 Å². The standard InChI is InChI=1S/C21H23FN3O4P/c1-14(19-12-23-25(2)21(19)16-5-7-17(22)8-6-16)11-20(26)24-18-9-3-15(4-10-18)13-29-30(27)28/h3-10,12,14,30H,11,13H2,1-2H3,(H,24,26)(H,27,28). The second-order valence-electron chi connectivity index (χ2n) is 6.98. The van der Waals surface area contributed by atoms with Crippen molar-refractivity contribution in [1.29, 1.82) is 0 Å². The fraction of sp³-hybridized carbons (Fsp3) is 0.238. The molecule has 2 atom stereocenters. The van der Waals surface area contributed by atoms with E-state index in [9.17, 15) is 13.8 Å². The number of carbonyl (C=O) groups is 1. The molecule has 9 heteroatoms. The lowest BCUT2D eigenvalue weighted by Crippen LogP contribution is -2.14. The normalized spacial score (nSPS) is 13.1. The molecule has 0 saturated heterocycles. The zero-order valence-electron chi connectivity index (χ0n) is 16.6. The fourth-order valence-electron chi connectivity index (χ4n) is 3.21. The van der Waals surface area contributed by atoms with E-state index in [2.05, 4.69) is 10.4 Å². The molecule has 1 aromatic heterocycles. The van der Waals surface area contributed by atoms with Gasteiger partial charge < -0.3 is 14.7 Å². The van der Waals surface area contributed by atoms with Crippen molar-refractivity contribution < 1.29 is 23.2 Å². The average Bonchev–Trinajstić information content (AvgIpc) is 3.09. The Kier molecular flexibility index (Phi) is 7.15. The maximum absolute atomic E-state index is 13.3. The molecule has 1 amide bonds. The number of aromatic nitrogens is 2. The Hall–Kier alpha value is -2.80. The number of nitrogens with one attached hydrogen (secondary N) is 1. The van der Waals surface area contributed by atoms with E-state index in [0.29, 0.717) is 5.69 Å². The van der Waals surface area contributed by atoms with Gasteiger partial charge >= 0.3 is 8.25 Å². The first-order chi connectivity index (χ1) is 14.3. The zero-order chi connectivity index (χ0) is 21.7. The third-order valence-electron chi connectivity index (χ3n) is 4.71. The predicted octanol–water partition coefficient (Wildman–Crippen LogP) is 4.26. The Labute approximate surface area is 174 Å². The molecule has 3 aromatic rings. The van der Waals surface area contributed by atoms with Crippen molar-refractivity contribution in [3.8, 4) is 11.3 Å². The van der Waals surface area contributed by atoms with Crippen molar-refractivity contribution in [2.24, 2.45) is 7.05 Å². The van der Waals surface area contributed by atoms with Gasteiger partial charge in [0.15, 0.2) is 0 Å². The van der Waals surface area contributed by atoms with Crippen LogP contribution in [0.5, 0.6) is 0 Å². The number of hydrogen-bond acceptors (Lipinski definition) is 4. The molecule has 2 aromatic carbocycles. The first kappa shape index (κ1) is 21.9. The lowest BCUT2D eigenvalue weighted by Gasteiger charge is -2.14. The Morgan fingerprint density at radius 3 is 2.53 bits per heavy atom. The number of halogens is 1. The van der Waals surface area contributed by atoms with Crippen LogP contribution >= 0.6 is 8.25 Å². The molecule has 0 bridgehead atoms. The van der Waals surface area contributed by atoms with Crippen LogP contribution in [0.4, 0.5) is 10.1 Å². The SMILES string of the molecule is CC(CC(=O)Nc1ccc(CO[PH](=O)O)cc1)c1cnn(C)c1-c1ccc(F)cc1. The minimum absolute atomic E-state index is 0.0345. The molecule has 7 nitrogen and oxygen atoms in total. The van der Waals surface area contributed by atoms with Gasteiger partial charge in [-0.3, -0.25) is 14.0 Å². The summed E-state index contributed by atoms with van der Waals surface area (Å²) in [5, 5.41) is 7.16. The molecule has 2 unspecified atom stereocenters. The number of aryl methyl sites for hydroxylation is 1. The molecule has 1 heterocycles. The Bertz CT molecular complexity index is 1040. The highest BCUT2D eigenvalue weighted by atomic mass is 31.1. The van der Waals surface area contributed by atoms with Crippen LogP contribution in [-0.2, 0) is 27.5 Å². The summed E-state index contributed by atoms with van der Waals surface area (Å²) >= 11 is 0. The molecule has 3 rings (SSSR count). The van der Waals surface area contributed by atoms with E-state index in [4.69, 9.17) is 9.42 Å². The summed E-state index contributed by atoms with van der Waals surface area (Å²) in [5.74, 6) is -0.562. The summed E-state index contributed by atoms with van der Waals surface area (Å²) in [4.78, 5) is 21.2. The van der Waals surface area contributed by atoms with Crippen LogP contribution in [0, 0.1) is 5.82 Å². The minimum atomic E-state index is -2.97. The summed E-state index contributed by atoms with van der Waals surface area (Å²) < 4.78 is 30.3. The van der Waals surface area contributed by atoms with Crippen molar-refractivity contribution in [3.63, 3.8) is 0 Å². The molecule has 0 fully saturated rings. The third-order valence-corrected chi connectivity index (χ3v) is 5.10. The second-order valence-corrected chi connectivity index (χ2v) is 7.80. The van der Waals surface area contributed by atoms with Gasteiger partial charge in [0.05, 0.1) is 18.5 Å². The van der Waals surface area contributed by atoms with E-state index in [0.717, 1.165) is 22.4 Å². The van der Waals surface area contributed by atoms with Crippen LogP contribution in [0.15, 0.2) is 54.7 Å². The number of rotatable bonds is 8. The van der Waals surface area contributed by atoms with Gasteiger partial charge in [-0.1, -0.05) is 19.1 Å². The summed E-state index contributed by atoms with van der Waals surface area (Å²) in [5.41, 5.74) is 3.95. The van der Waals surface area contributed by atoms with Crippen LogP contribution in [0.25, 0.3) is 11.3 Å². The quantitative estimate of drug-likeness (QED) is 0.520. The van der Waals surface area contributed by atoms with E-state index in [1.807, 2.05) is 14.0 Å². The van der Waals surface area contributed by atoms with Gasteiger partial charge in [-0.2, -0.15) is 5.10 Å². The van der Waals surface area contributed by atoms with Gasteiger partial charge in [-0.05, 0) is 47.9 Å². The molecule has 0 aliphatic carbocycles. The van der Waals surface area contributed by atoms with E-state index in [1.165, 1.54) is 12.1 Å². The van der Waals surface area contributed by atoms with Crippen LogP contribution in [0.1, 0.15) is 30.4 Å². The highest BCUT2D eigenvalue weighted by molar-refractivity contribution is 7.32. The third kappa shape index (κ3) is 5.63. The van der Waals surface area contributed by atoms with Crippen LogP contribution < -0.4 is 5.32 Å². The first-order valence-electron chi connectivity index (χ1n) is 9.36. The number of nitrogens with zero attached hydrogens (tertiary/aromatic N) is 2. The molecule has 2 N–H and O–H groups in total. The Balaban J connectivity index is 1.65. The fourth-order valence-corrected chi connectivity index (χ4v) is 3.50. The largest absolute Gasteiger partial charge is 0.326 e. The second kappa shape index (κ2) is 9.80. The van der Waals surface area contributed by atoms with Gasteiger partial charge in [0, 0.05) is 30.3 Å². The van der Waals surface area contributed by atoms with Crippen LogP contribution in [0.2, 0.25) is 0 Å². The predicted molar refractivity (Wildman–Crippen MR) is 113 cm³/mol. The van der Waals surface area contributed by atoms with Crippen LogP contribution in [0.3, 0.4) is 0 Å². The van der Waals surface area contributed by atoms with Gasteiger partial charge in [0.2, 0.25) is 5.91 Å². The van der Waals surface area contributed by atoms with Gasteiger partial charge in [-0.15, -0.1) is 0 Å². The molecule has 158 valence electrons. The highest BCUT2D eigenvalue weighted by Gasteiger charge is 2.19. The number of hydrogen-bond donors (Lipinski definition) is 2. The van der Waals surface area contributed by atoms with E-state index >= 15 is 0 Å². The average molecular weight is 431 g/mol. The minimum Gasteiger partial charge on any atom is -0.326 e. The zero-order valence-corrected chi connectivity index (χ0v) is 17.6. The summed E-state index contributed by atoms with van der Waals surface area (Å²) in [6, 6.07) is 13.1. The molecule has 0 saturated carbocycles. The number of anilines is 1. The lowest BCUT2D eigenvalue weighted by atomic mass is 9.95. The lowest BCUT2D eigenvalue weighted by molar-refractivity contribution is -0.116. The number of amides is 1. The van der Waals surface area contributed by atoms with Gasteiger partial charge in [-0.25, -0.2) is 4.39 Å². The number of benzene rings is 2. The van der Waals surface area contributed by atoms with Crippen molar-refractivity contribution in [2.75, 3.05) is 5.32 Å². The number of carbonyl (C=O) groups excluding carboxylic acids is 1. The van der Waals surface area contributed by atoms with Crippen LogP contribution in [-0.4, -0.2) is 20.6 Å². The van der Waals surface area contributed by atoms with Crippen molar-refractivity contribution >= 4 is 19.8 Å². The summed E-state index contributed by atoms with van der Waals surface area (Å²) in [6.45, 7) is 1.98. The summed E-state index contributed by atoms with van der Waals surface area (Å²) in [7, 11) is -1.16. The maximum Gasteiger partial charge on any atom is 0.316 e. The highest BCUT2D eigenvalue weighted by Crippen LogP contribution is 2.31. The van der Waals surface area contributed by atoms with E-state index in [1.54, 1.807) is 47.3 Å². The van der Waals surface area contributed by atoms with E-state index < -0.39 is 8.25 Å². The molecule has 30 heavy (non-hydrogen) atoms. The Morgan fingerprint density at radius 1 is 1.23 bits per heavy atom. The molecular formula is C21H23FN3O4P. The maximum atomic E-state index is 13.3. The Morgan fingerprint density at radius 2 is 1.90 bits per heavy atom. The molecule has 0 aliphatic heterocycles. The smallest absolute Gasteiger partial charge is 0.316 e. The summed E-state index contributed by atoms with van der Waals surface area (Å²) in [6.07, 6.45) is 1.98. The van der Waals surface area contributed by atoms with Crippen molar-refractivity contribution in [1.82, 2.24) is 9.78 Å². The molecular weight excluding hydrogens is 408 g/mol. The van der Waals surface area contributed by atoms with Crippen molar-refractivity contribution in [3.05, 3.63) is 71.7 Å². The molecule has 0 aliphatic rings. The monoisotopic (exact) mass is 431 g/mol.